The van der Waals surface area contributed by atoms with Crippen molar-refractivity contribution in [3.05, 3.63) is 24.0 Å². The highest BCUT2D eigenvalue weighted by atomic mass is 16.5. The van der Waals surface area contributed by atoms with E-state index in [9.17, 15) is 4.79 Å². The summed E-state index contributed by atoms with van der Waals surface area (Å²) in [5.41, 5.74) is 1.48. The Morgan fingerprint density at radius 2 is 2.29 bits per heavy atom. The van der Waals surface area contributed by atoms with Gasteiger partial charge in [-0.3, -0.25) is 4.79 Å². The van der Waals surface area contributed by atoms with Crippen LogP contribution in [0, 0.1) is 17.8 Å². The van der Waals surface area contributed by atoms with Crippen LogP contribution in [0.3, 0.4) is 0 Å². The number of allylic oxidation sites excluding steroid dienone is 3. The molecule has 2 nitrogen and oxygen atoms in total. The van der Waals surface area contributed by atoms with Gasteiger partial charge < -0.3 is 4.74 Å². The predicted molar refractivity (Wildman–Crippen MR) is 70.3 cm³/mol. The van der Waals surface area contributed by atoms with E-state index in [0.717, 1.165) is 18.3 Å². The number of rotatable bonds is 4. The van der Waals surface area contributed by atoms with Crippen molar-refractivity contribution in [2.45, 2.75) is 47.0 Å². The average molecular weight is 236 g/mol. The van der Waals surface area contributed by atoms with E-state index < -0.39 is 0 Å². The zero-order chi connectivity index (χ0) is 12.8. The summed E-state index contributed by atoms with van der Waals surface area (Å²) in [5.74, 6) is 1.91. The van der Waals surface area contributed by atoms with Gasteiger partial charge in [-0.05, 0) is 50.0 Å². The molecule has 0 N–H and O–H groups in total. The van der Waals surface area contributed by atoms with Crippen molar-refractivity contribution in [2.24, 2.45) is 17.8 Å². The van der Waals surface area contributed by atoms with Gasteiger partial charge in [0.2, 0.25) is 0 Å². The van der Waals surface area contributed by atoms with Gasteiger partial charge in [0.05, 0.1) is 6.26 Å². The van der Waals surface area contributed by atoms with Gasteiger partial charge in [-0.1, -0.05) is 25.5 Å². The molecule has 0 aromatic rings. The summed E-state index contributed by atoms with van der Waals surface area (Å²) in [6, 6.07) is 0. The first-order valence-corrected chi connectivity index (χ1v) is 6.49. The molecule has 2 atom stereocenters. The monoisotopic (exact) mass is 236 g/mol. The van der Waals surface area contributed by atoms with Crippen LogP contribution in [0.2, 0.25) is 0 Å². The lowest BCUT2D eigenvalue weighted by Gasteiger charge is -2.30. The van der Waals surface area contributed by atoms with Gasteiger partial charge in [0.1, 0.15) is 0 Å². The van der Waals surface area contributed by atoms with E-state index in [1.54, 1.807) is 0 Å². The highest BCUT2D eigenvalue weighted by Gasteiger charge is 2.23. The molecule has 0 aromatic heterocycles. The molecule has 1 aliphatic rings. The Hall–Kier alpha value is -1.05. The van der Waals surface area contributed by atoms with Crippen LogP contribution in [-0.2, 0) is 9.53 Å². The molecule has 96 valence electrons. The fraction of sp³-hybridized carbons (Fsp3) is 0.667. The normalized spacial score (nSPS) is 25.1. The average Bonchev–Trinajstić information content (AvgIpc) is 2.25. The van der Waals surface area contributed by atoms with Crippen LogP contribution in [0.25, 0.3) is 0 Å². The van der Waals surface area contributed by atoms with Gasteiger partial charge in [-0.2, -0.15) is 0 Å². The van der Waals surface area contributed by atoms with E-state index in [4.69, 9.17) is 4.74 Å². The Balaban J connectivity index is 2.46. The van der Waals surface area contributed by atoms with Gasteiger partial charge in [0, 0.05) is 6.92 Å². The van der Waals surface area contributed by atoms with E-state index >= 15 is 0 Å². The predicted octanol–water partition coefficient (Wildman–Crippen LogP) is 4.08. The van der Waals surface area contributed by atoms with Gasteiger partial charge in [-0.15, -0.1) is 0 Å². The lowest BCUT2D eigenvalue weighted by molar-refractivity contribution is -0.135. The van der Waals surface area contributed by atoms with Gasteiger partial charge >= 0.3 is 5.97 Å². The number of hydrogen-bond donors (Lipinski definition) is 0. The van der Waals surface area contributed by atoms with Crippen molar-refractivity contribution in [3.63, 3.8) is 0 Å². The molecule has 17 heavy (non-hydrogen) atoms. The second-order valence-corrected chi connectivity index (χ2v) is 5.34. The molecular weight excluding hydrogens is 212 g/mol. The van der Waals surface area contributed by atoms with Gasteiger partial charge in [0.15, 0.2) is 0 Å². The van der Waals surface area contributed by atoms with Crippen LogP contribution < -0.4 is 0 Å². The molecule has 1 aliphatic carbocycles. The molecule has 1 rings (SSSR count). The second-order valence-electron chi connectivity index (χ2n) is 5.34. The number of esters is 1. The summed E-state index contributed by atoms with van der Waals surface area (Å²) >= 11 is 0. The molecule has 0 spiro atoms. The van der Waals surface area contributed by atoms with Crippen molar-refractivity contribution in [3.8, 4) is 0 Å². The zero-order valence-electron chi connectivity index (χ0n) is 11.4. The largest absolute Gasteiger partial charge is 0.435 e. The van der Waals surface area contributed by atoms with E-state index in [1.165, 1.54) is 31.6 Å². The Morgan fingerprint density at radius 3 is 2.88 bits per heavy atom. The smallest absolute Gasteiger partial charge is 0.307 e. The standard InChI is InChI=1S/C15H24O2/c1-11(2)14-8-7-12(3)15(10-14)6-5-9-17-13(4)16/h5,7,9,11,14-15H,6,8,10H2,1-4H3/t14-,15-/m0/s1. The van der Waals surface area contributed by atoms with E-state index in [-0.39, 0.29) is 5.97 Å². The minimum absolute atomic E-state index is 0.253. The first kappa shape index (κ1) is 14.0. The summed E-state index contributed by atoms with van der Waals surface area (Å²) < 4.78 is 4.80. The number of carbonyl (C=O) groups excluding carboxylic acids is 1. The Morgan fingerprint density at radius 1 is 1.59 bits per heavy atom. The maximum atomic E-state index is 10.6. The van der Waals surface area contributed by atoms with Crippen molar-refractivity contribution in [1.29, 1.82) is 0 Å². The topological polar surface area (TPSA) is 26.3 Å². The molecule has 0 radical (unpaired) electrons. The minimum atomic E-state index is -0.253. The van der Waals surface area contributed by atoms with Crippen LogP contribution in [0.5, 0.6) is 0 Å². The summed E-state index contributed by atoms with van der Waals surface area (Å²) in [5, 5.41) is 0. The van der Waals surface area contributed by atoms with Crippen molar-refractivity contribution < 1.29 is 9.53 Å². The lowest BCUT2D eigenvalue weighted by atomic mass is 9.75. The summed E-state index contributed by atoms with van der Waals surface area (Å²) in [6.45, 7) is 8.22. The van der Waals surface area contributed by atoms with E-state index in [1.807, 2.05) is 6.08 Å². The van der Waals surface area contributed by atoms with Crippen molar-refractivity contribution >= 4 is 5.97 Å². The Kier molecular flexibility index (Phi) is 5.46. The third-order valence-corrected chi connectivity index (χ3v) is 3.67. The Labute approximate surface area is 105 Å². The first-order valence-electron chi connectivity index (χ1n) is 6.49. The molecule has 0 saturated heterocycles. The number of ether oxygens (including phenoxy) is 1. The summed E-state index contributed by atoms with van der Waals surface area (Å²) in [6.07, 6.45) is 9.30. The Bertz CT molecular complexity index is 313. The van der Waals surface area contributed by atoms with Crippen molar-refractivity contribution in [2.75, 3.05) is 0 Å². The van der Waals surface area contributed by atoms with Gasteiger partial charge in [0.25, 0.3) is 0 Å². The molecule has 0 aromatic carbocycles. The molecule has 0 aliphatic heterocycles. The van der Waals surface area contributed by atoms with Crippen LogP contribution in [0.4, 0.5) is 0 Å². The van der Waals surface area contributed by atoms with E-state index in [0.29, 0.717) is 5.92 Å². The van der Waals surface area contributed by atoms with Crippen LogP contribution in [0.15, 0.2) is 24.0 Å². The van der Waals surface area contributed by atoms with Crippen LogP contribution in [-0.4, -0.2) is 5.97 Å². The number of hydrogen-bond acceptors (Lipinski definition) is 2. The highest BCUT2D eigenvalue weighted by Crippen LogP contribution is 2.35. The van der Waals surface area contributed by atoms with Crippen LogP contribution in [0.1, 0.15) is 47.0 Å². The summed E-state index contributed by atoms with van der Waals surface area (Å²) in [4.78, 5) is 10.6. The maximum Gasteiger partial charge on any atom is 0.307 e. The second kappa shape index (κ2) is 6.63. The molecule has 0 heterocycles. The lowest BCUT2D eigenvalue weighted by Crippen LogP contribution is -2.18. The summed E-state index contributed by atoms with van der Waals surface area (Å²) in [7, 11) is 0. The molecule has 0 fully saturated rings. The maximum absolute atomic E-state index is 10.6. The molecule has 0 bridgehead atoms. The quantitative estimate of drug-likeness (QED) is 0.417. The van der Waals surface area contributed by atoms with Crippen molar-refractivity contribution in [1.82, 2.24) is 0 Å². The fourth-order valence-corrected chi connectivity index (χ4v) is 2.34. The fourth-order valence-electron chi connectivity index (χ4n) is 2.34. The molecule has 2 heteroatoms. The molecule has 0 amide bonds. The highest BCUT2D eigenvalue weighted by molar-refractivity contribution is 5.66. The molecule has 0 unspecified atom stereocenters. The first-order chi connectivity index (χ1) is 8.00. The van der Waals surface area contributed by atoms with Gasteiger partial charge in [-0.25, -0.2) is 0 Å². The minimum Gasteiger partial charge on any atom is -0.435 e. The van der Waals surface area contributed by atoms with Crippen LogP contribution >= 0.6 is 0 Å². The third kappa shape index (κ3) is 4.76. The number of carbonyl (C=O) groups is 1. The van der Waals surface area contributed by atoms with E-state index in [2.05, 4.69) is 26.8 Å². The SMILES string of the molecule is CC(=O)OC=CC[C@H]1C[C@@H](C(C)C)CC=C1C. The molecule has 0 saturated carbocycles. The third-order valence-electron chi connectivity index (χ3n) is 3.67. The zero-order valence-corrected chi connectivity index (χ0v) is 11.4. The molecular formula is C15H24O2.